The second-order valence-corrected chi connectivity index (χ2v) is 5.85. The summed E-state index contributed by atoms with van der Waals surface area (Å²) in [4.78, 5) is 16.3. The molecule has 6 nitrogen and oxygen atoms in total. The molecule has 2 rings (SSSR count). The van der Waals surface area contributed by atoms with Gasteiger partial charge in [-0.05, 0) is 26.3 Å². The predicted octanol–water partition coefficient (Wildman–Crippen LogP) is 2.49. The molecule has 1 aromatic heterocycles. The van der Waals surface area contributed by atoms with Crippen LogP contribution in [-0.2, 0) is 16.1 Å². The lowest BCUT2D eigenvalue weighted by molar-refractivity contribution is -0.133. The number of aromatic nitrogens is 2. The van der Waals surface area contributed by atoms with Gasteiger partial charge in [0, 0.05) is 0 Å². The largest absolute Gasteiger partial charge is 0.376 e. The van der Waals surface area contributed by atoms with Crippen molar-refractivity contribution in [3.63, 3.8) is 0 Å². The van der Waals surface area contributed by atoms with Gasteiger partial charge in [-0.3, -0.25) is 4.79 Å². The highest BCUT2D eigenvalue weighted by atomic mass is 16.5. The van der Waals surface area contributed by atoms with Crippen molar-refractivity contribution in [2.24, 2.45) is 5.41 Å². The molecule has 0 aliphatic heterocycles. The maximum Gasteiger partial charge on any atom is 0.228 e. The number of carbonyl (C=O) groups excluding carboxylic acids is 1. The van der Waals surface area contributed by atoms with Crippen LogP contribution in [0.3, 0.4) is 0 Å². The Morgan fingerprint density at radius 3 is 2.73 bits per heavy atom. The molecule has 0 spiro atoms. The van der Waals surface area contributed by atoms with Crippen LogP contribution < -0.4 is 5.32 Å². The lowest BCUT2D eigenvalue weighted by atomic mass is 9.93. The first kappa shape index (κ1) is 16.2. The number of benzene rings is 1. The molecule has 1 N–H and O–H groups in total. The smallest absolute Gasteiger partial charge is 0.228 e. The molecule has 0 aliphatic rings. The Labute approximate surface area is 129 Å². The monoisotopic (exact) mass is 303 g/mol. The van der Waals surface area contributed by atoms with Crippen molar-refractivity contribution in [3.05, 3.63) is 48.1 Å². The van der Waals surface area contributed by atoms with E-state index in [0.29, 0.717) is 19.0 Å². The molecule has 2 aromatic rings. The summed E-state index contributed by atoms with van der Waals surface area (Å²) in [6, 6.07) is 9.56. The Kier molecular flexibility index (Phi) is 5.27. The molecule has 0 fully saturated rings. The molecular weight excluding hydrogens is 282 g/mol. The molecule has 0 saturated carbocycles. The van der Waals surface area contributed by atoms with Gasteiger partial charge in [-0.2, -0.15) is 4.98 Å². The van der Waals surface area contributed by atoms with Crippen LogP contribution in [0, 0.1) is 5.41 Å². The van der Waals surface area contributed by atoms with Crippen molar-refractivity contribution in [3.8, 4) is 0 Å². The van der Waals surface area contributed by atoms with Gasteiger partial charge in [-0.15, -0.1) is 0 Å². The van der Waals surface area contributed by atoms with Crippen molar-refractivity contribution >= 4 is 5.91 Å². The van der Waals surface area contributed by atoms with Crippen LogP contribution in [0.1, 0.15) is 38.2 Å². The van der Waals surface area contributed by atoms with Crippen LogP contribution >= 0.6 is 0 Å². The van der Waals surface area contributed by atoms with Crippen LogP contribution in [0.25, 0.3) is 0 Å². The van der Waals surface area contributed by atoms with E-state index in [9.17, 15) is 4.79 Å². The Bertz CT molecular complexity index is 582. The van der Waals surface area contributed by atoms with Gasteiger partial charge >= 0.3 is 0 Å². The van der Waals surface area contributed by atoms with E-state index >= 15 is 0 Å². The van der Waals surface area contributed by atoms with Gasteiger partial charge in [-0.1, -0.05) is 35.5 Å². The Morgan fingerprint density at radius 2 is 2.09 bits per heavy atom. The molecule has 1 heterocycles. The SMILES string of the molecule is CC(NC(=O)C(C)(C)COCc1ccccc1)c1ncon1. The highest BCUT2D eigenvalue weighted by Gasteiger charge is 2.29. The summed E-state index contributed by atoms with van der Waals surface area (Å²) in [6.07, 6.45) is 1.24. The highest BCUT2D eigenvalue weighted by molar-refractivity contribution is 5.82. The van der Waals surface area contributed by atoms with E-state index in [2.05, 4.69) is 20.0 Å². The Morgan fingerprint density at radius 1 is 1.36 bits per heavy atom. The first-order valence-electron chi connectivity index (χ1n) is 7.18. The summed E-state index contributed by atoms with van der Waals surface area (Å²) in [5.41, 5.74) is 0.436. The lowest BCUT2D eigenvalue weighted by Gasteiger charge is -2.25. The molecule has 1 amide bonds. The van der Waals surface area contributed by atoms with E-state index in [0.717, 1.165) is 5.56 Å². The first-order valence-corrected chi connectivity index (χ1v) is 7.18. The highest BCUT2D eigenvalue weighted by Crippen LogP contribution is 2.19. The minimum atomic E-state index is -0.646. The molecule has 22 heavy (non-hydrogen) atoms. The number of hydrogen-bond donors (Lipinski definition) is 1. The quantitative estimate of drug-likeness (QED) is 0.850. The maximum absolute atomic E-state index is 12.3. The normalized spacial score (nSPS) is 12.9. The third-order valence-corrected chi connectivity index (χ3v) is 3.30. The molecule has 0 bridgehead atoms. The lowest BCUT2D eigenvalue weighted by Crippen LogP contribution is -2.41. The van der Waals surface area contributed by atoms with Gasteiger partial charge in [0.2, 0.25) is 12.3 Å². The van der Waals surface area contributed by atoms with Crippen LogP contribution in [0.4, 0.5) is 0 Å². The number of carbonyl (C=O) groups is 1. The topological polar surface area (TPSA) is 77.2 Å². The molecular formula is C16H21N3O3. The minimum absolute atomic E-state index is 0.113. The zero-order valence-electron chi connectivity index (χ0n) is 13.1. The fourth-order valence-electron chi connectivity index (χ4n) is 1.89. The molecule has 0 aliphatic carbocycles. The van der Waals surface area contributed by atoms with Gasteiger partial charge in [0.15, 0.2) is 5.82 Å². The number of amides is 1. The maximum atomic E-state index is 12.3. The minimum Gasteiger partial charge on any atom is -0.376 e. The van der Waals surface area contributed by atoms with Crippen molar-refractivity contribution in [2.75, 3.05) is 6.61 Å². The average molecular weight is 303 g/mol. The summed E-state index contributed by atoms with van der Waals surface area (Å²) in [5.74, 6) is 0.340. The number of nitrogens with one attached hydrogen (secondary N) is 1. The van der Waals surface area contributed by atoms with Gasteiger partial charge < -0.3 is 14.6 Å². The summed E-state index contributed by atoms with van der Waals surface area (Å²) in [5, 5.41) is 6.59. The number of hydrogen-bond acceptors (Lipinski definition) is 5. The van der Waals surface area contributed by atoms with Gasteiger partial charge in [0.25, 0.3) is 0 Å². The fourth-order valence-corrected chi connectivity index (χ4v) is 1.89. The fraction of sp³-hybridized carbons (Fsp3) is 0.438. The summed E-state index contributed by atoms with van der Waals surface area (Å²) in [7, 11) is 0. The second-order valence-electron chi connectivity index (χ2n) is 5.85. The summed E-state index contributed by atoms with van der Waals surface area (Å²) in [6.45, 7) is 6.31. The van der Waals surface area contributed by atoms with Crippen molar-refractivity contribution in [2.45, 2.75) is 33.4 Å². The zero-order chi connectivity index (χ0) is 16.0. The first-order chi connectivity index (χ1) is 10.5. The predicted molar refractivity (Wildman–Crippen MR) is 80.7 cm³/mol. The van der Waals surface area contributed by atoms with E-state index in [1.165, 1.54) is 6.39 Å². The number of rotatable bonds is 7. The van der Waals surface area contributed by atoms with Crippen LogP contribution in [0.15, 0.2) is 41.2 Å². The molecule has 0 saturated heterocycles. The van der Waals surface area contributed by atoms with E-state index in [4.69, 9.17) is 4.74 Å². The van der Waals surface area contributed by atoms with Crippen molar-refractivity contribution in [1.82, 2.24) is 15.5 Å². The molecule has 1 unspecified atom stereocenters. The standard InChI is InChI=1S/C16H21N3O3/c1-12(14-17-11-22-19-14)18-15(20)16(2,3)10-21-9-13-7-5-4-6-8-13/h4-8,11-12H,9-10H2,1-3H3,(H,18,20). The van der Waals surface area contributed by atoms with Crippen LogP contribution in [0.2, 0.25) is 0 Å². The van der Waals surface area contributed by atoms with Gasteiger partial charge in [0.05, 0.1) is 24.7 Å². The average Bonchev–Trinajstić information content (AvgIpc) is 3.02. The molecule has 1 atom stereocenters. The van der Waals surface area contributed by atoms with E-state index in [-0.39, 0.29) is 11.9 Å². The van der Waals surface area contributed by atoms with Gasteiger partial charge in [0.1, 0.15) is 0 Å². The van der Waals surface area contributed by atoms with Crippen LogP contribution in [0.5, 0.6) is 0 Å². The second kappa shape index (κ2) is 7.17. The molecule has 1 aromatic carbocycles. The number of nitrogens with zero attached hydrogens (tertiary/aromatic N) is 2. The van der Waals surface area contributed by atoms with E-state index in [1.54, 1.807) is 0 Å². The van der Waals surface area contributed by atoms with E-state index < -0.39 is 5.41 Å². The third-order valence-electron chi connectivity index (χ3n) is 3.30. The van der Waals surface area contributed by atoms with Crippen molar-refractivity contribution in [1.29, 1.82) is 0 Å². The number of ether oxygens (including phenoxy) is 1. The molecule has 6 heteroatoms. The Hall–Kier alpha value is -2.21. The van der Waals surface area contributed by atoms with Crippen LogP contribution in [-0.4, -0.2) is 22.7 Å². The molecule has 0 radical (unpaired) electrons. The zero-order valence-corrected chi connectivity index (χ0v) is 13.1. The summed E-state index contributed by atoms with van der Waals surface area (Å²) >= 11 is 0. The van der Waals surface area contributed by atoms with Gasteiger partial charge in [-0.25, -0.2) is 0 Å². The summed E-state index contributed by atoms with van der Waals surface area (Å²) < 4.78 is 10.3. The third kappa shape index (κ3) is 4.39. The van der Waals surface area contributed by atoms with E-state index in [1.807, 2.05) is 51.1 Å². The Balaban J connectivity index is 1.82. The molecule has 118 valence electrons. The van der Waals surface area contributed by atoms with Crippen molar-refractivity contribution < 1.29 is 14.1 Å².